The van der Waals surface area contributed by atoms with Gasteiger partial charge in [-0.05, 0) is 116 Å². The van der Waals surface area contributed by atoms with Gasteiger partial charge in [0.2, 0.25) is 0 Å². The Bertz CT molecular complexity index is 1100. The summed E-state index contributed by atoms with van der Waals surface area (Å²) in [5.74, 6) is 0.165. The molecule has 11 atom stereocenters. The maximum absolute atomic E-state index is 11.5. The number of rotatable bonds is 5. The Morgan fingerprint density at radius 2 is 1.75 bits per heavy atom. The first-order valence-electron chi connectivity index (χ1n) is 14.8. The predicted octanol–water partition coefficient (Wildman–Crippen LogP) is 3.52. The number of carbonyl (C=O) groups excluding carboxylic acids is 1. The monoisotopic (exact) mass is 560 g/mol. The largest absolute Gasteiger partial charge is 0.507 e. The normalized spacial score (nSPS) is 41.0. The molecule has 224 valence electrons. The third-order valence-corrected chi connectivity index (χ3v) is 11.6. The number of aromatic hydroxyl groups is 1. The maximum Gasteiger partial charge on any atom is 0.303 e. The highest BCUT2D eigenvalue weighted by Gasteiger charge is 2.65. The van der Waals surface area contributed by atoms with Gasteiger partial charge in [-0.1, -0.05) is 20.8 Å². The first-order chi connectivity index (χ1) is 18.7. The number of phenols is 1. The summed E-state index contributed by atoms with van der Waals surface area (Å²) in [6, 6.07) is 4.15. The molecule has 0 saturated heterocycles. The van der Waals surface area contributed by atoms with Crippen LogP contribution in [-0.2, 0) is 4.79 Å². The number of aliphatic hydroxyl groups excluding tert-OH is 3. The van der Waals surface area contributed by atoms with Crippen molar-refractivity contribution >= 4 is 17.6 Å². The van der Waals surface area contributed by atoms with Crippen LogP contribution in [-0.4, -0.2) is 55.7 Å². The molecule has 0 heterocycles. The summed E-state index contributed by atoms with van der Waals surface area (Å²) in [7, 11) is 0. The Hall–Kier alpha value is -2.36. The van der Waals surface area contributed by atoms with Crippen molar-refractivity contribution in [3.05, 3.63) is 23.8 Å². The minimum atomic E-state index is -0.748. The van der Waals surface area contributed by atoms with E-state index in [0.29, 0.717) is 35.8 Å². The third-order valence-electron chi connectivity index (χ3n) is 11.6. The first-order valence-corrected chi connectivity index (χ1v) is 14.8. The highest BCUT2D eigenvalue weighted by atomic mass is 16.4. The fourth-order valence-electron chi connectivity index (χ4n) is 9.44. The number of primary amides is 1. The molecule has 5 rings (SSSR count). The molecule has 9 heteroatoms. The number of nitrogens with two attached hydrogens (primary N) is 2. The van der Waals surface area contributed by atoms with Gasteiger partial charge >= 0.3 is 5.97 Å². The number of carbonyl (C=O) groups is 2. The lowest BCUT2D eigenvalue weighted by atomic mass is 9.43. The van der Waals surface area contributed by atoms with Gasteiger partial charge in [0.05, 0.1) is 23.9 Å². The van der Waals surface area contributed by atoms with Gasteiger partial charge in [-0.2, -0.15) is 0 Å². The SMILES string of the molecule is C[C@H](CCC(=O)O)[C@H]1CC[C@H]2[C@@H]3[C@H](O)C[C@@H]4C[C@H](O)CC[C@]4(C)[C@H]3C[C@H](O)[C@]12C.NC(=O)c1cc(N)ccc1O. The van der Waals surface area contributed by atoms with Crippen LogP contribution in [0, 0.1) is 46.3 Å². The van der Waals surface area contributed by atoms with Crippen molar-refractivity contribution in [3.8, 4) is 5.75 Å². The molecule has 0 unspecified atom stereocenters. The zero-order valence-corrected chi connectivity index (χ0v) is 24.0. The number of hydrogen-bond donors (Lipinski definition) is 7. The molecular formula is C31H48N2O7. The fourth-order valence-corrected chi connectivity index (χ4v) is 9.44. The van der Waals surface area contributed by atoms with Gasteiger partial charge in [-0.15, -0.1) is 0 Å². The molecule has 9 nitrogen and oxygen atoms in total. The Kier molecular flexibility index (Phi) is 8.79. The summed E-state index contributed by atoms with van der Waals surface area (Å²) in [4.78, 5) is 21.6. The van der Waals surface area contributed by atoms with Crippen LogP contribution in [0.15, 0.2) is 18.2 Å². The van der Waals surface area contributed by atoms with Crippen LogP contribution in [0.4, 0.5) is 5.69 Å². The van der Waals surface area contributed by atoms with Crippen molar-refractivity contribution in [3.63, 3.8) is 0 Å². The molecule has 40 heavy (non-hydrogen) atoms. The molecule has 0 aromatic heterocycles. The summed E-state index contributed by atoms with van der Waals surface area (Å²) in [5.41, 5.74) is 10.6. The second-order valence-electron chi connectivity index (χ2n) is 13.6. The van der Waals surface area contributed by atoms with E-state index in [2.05, 4.69) is 20.8 Å². The molecule has 0 bridgehead atoms. The Labute approximate surface area is 237 Å². The minimum Gasteiger partial charge on any atom is -0.507 e. The number of nitrogen functional groups attached to an aromatic ring is 1. The van der Waals surface area contributed by atoms with Crippen molar-refractivity contribution < 1.29 is 35.1 Å². The van der Waals surface area contributed by atoms with Gasteiger partial charge in [0, 0.05) is 12.1 Å². The molecule has 0 radical (unpaired) electrons. The summed E-state index contributed by atoms with van der Waals surface area (Å²) < 4.78 is 0. The maximum atomic E-state index is 11.5. The number of anilines is 1. The Morgan fingerprint density at radius 1 is 1.05 bits per heavy atom. The molecule has 4 aliphatic carbocycles. The van der Waals surface area contributed by atoms with E-state index in [1.807, 2.05) is 0 Å². The average molecular weight is 561 g/mol. The van der Waals surface area contributed by atoms with Crippen LogP contribution in [0.3, 0.4) is 0 Å². The summed E-state index contributed by atoms with van der Waals surface area (Å²) in [6.07, 6.45) is 6.00. The number of carboxylic acid groups (broad SMARTS) is 1. The molecule has 9 N–H and O–H groups in total. The second-order valence-corrected chi connectivity index (χ2v) is 13.6. The minimum absolute atomic E-state index is 0.0463. The molecule has 4 saturated carbocycles. The number of amides is 1. The van der Waals surface area contributed by atoms with E-state index in [1.165, 1.54) is 18.2 Å². The molecule has 1 aromatic carbocycles. The lowest BCUT2D eigenvalue weighted by Crippen LogP contribution is -2.62. The van der Waals surface area contributed by atoms with Crippen LogP contribution < -0.4 is 11.5 Å². The first kappa shape index (κ1) is 30.6. The molecule has 0 aliphatic heterocycles. The van der Waals surface area contributed by atoms with Crippen LogP contribution in [0.5, 0.6) is 5.75 Å². The van der Waals surface area contributed by atoms with Crippen molar-refractivity contribution in [2.24, 2.45) is 52.1 Å². The standard InChI is InChI=1S/C24H40O5.C7H8N2O2/c1-13(4-7-21(28)29)16-5-6-17-22-18(12-20(27)24(16,17)3)23(2)9-8-15(25)10-14(23)11-19(22)26;8-4-1-2-6(10)5(3-4)7(9)11/h13-20,22,25-27H,4-12H2,1-3H3,(H,28,29);1-3,10H,8H2,(H2,9,11)/t13-,14+,15-,16-,17+,18+,19-,20+,22+,23+,24-;/m1./s1. The van der Waals surface area contributed by atoms with E-state index in [0.717, 1.165) is 44.9 Å². The van der Waals surface area contributed by atoms with Crippen LogP contribution in [0.2, 0.25) is 0 Å². The Balaban J connectivity index is 0.000000283. The smallest absolute Gasteiger partial charge is 0.303 e. The Morgan fingerprint density at radius 3 is 2.38 bits per heavy atom. The van der Waals surface area contributed by atoms with Crippen LogP contribution in [0.1, 0.15) is 88.9 Å². The fraction of sp³-hybridized carbons (Fsp3) is 0.742. The van der Waals surface area contributed by atoms with E-state index in [4.69, 9.17) is 21.7 Å². The average Bonchev–Trinajstić information content (AvgIpc) is 3.24. The number of hydrogen-bond acceptors (Lipinski definition) is 7. The molecular weight excluding hydrogens is 512 g/mol. The number of carboxylic acids is 1. The highest BCUT2D eigenvalue weighted by molar-refractivity contribution is 5.96. The molecule has 4 aliphatic rings. The van der Waals surface area contributed by atoms with Crippen molar-refractivity contribution in [1.29, 1.82) is 0 Å². The van der Waals surface area contributed by atoms with Gasteiger partial charge < -0.3 is 37.0 Å². The van der Waals surface area contributed by atoms with Gasteiger partial charge in [-0.3, -0.25) is 9.59 Å². The summed E-state index contributed by atoms with van der Waals surface area (Å²) in [6.45, 7) is 6.72. The number of benzene rings is 1. The van der Waals surface area contributed by atoms with E-state index in [-0.39, 0.29) is 52.6 Å². The van der Waals surface area contributed by atoms with E-state index in [1.54, 1.807) is 0 Å². The predicted molar refractivity (Wildman–Crippen MR) is 151 cm³/mol. The van der Waals surface area contributed by atoms with Crippen LogP contribution >= 0.6 is 0 Å². The number of aliphatic carboxylic acids is 1. The van der Waals surface area contributed by atoms with Gasteiger partial charge in [-0.25, -0.2) is 0 Å². The number of aliphatic hydroxyl groups is 3. The van der Waals surface area contributed by atoms with Crippen molar-refractivity contribution in [1.82, 2.24) is 0 Å². The lowest BCUT2D eigenvalue weighted by Gasteiger charge is -2.63. The van der Waals surface area contributed by atoms with E-state index < -0.39 is 18.0 Å². The van der Waals surface area contributed by atoms with Crippen LogP contribution in [0.25, 0.3) is 0 Å². The third kappa shape index (κ3) is 5.44. The molecule has 1 aromatic rings. The molecule has 0 spiro atoms. The quantitative estimate of drug-likeness (QED) is 0.210. The van der Waals surface area contributed by atoms with E-state index >= 15 is 0 Å². The zero-order chi connectivity index (χ0) is 29.6. The molecule has 4 fully saturated rings. The van der Waals surface area contributed by atoms with Gasteiger partial charge in [0.15, 0.2) is 0 Å². The van der Waals surface area contributed by atoms with Crippen molar-refractivity contribution in [2.75, 3.05) is 5.73 Å². The second kappa shape index (κ2) is 11.5. The van der Waals surface area contributed by atoms with E-state index in [9.17, 15) is 24.9 Å². The van der Waals surface area contributed by atoms with Gasteiger partial charge in [0.25, 0.3) is 5.91 Å². The molecule has 1 amide bonds. The topological polar surface area (TPSA) is 187 Å². The summed E-state index contributed by atoms with van der Waals surface area (Å²) >= 11 is 0. The summed E-state index contributed by atoms with van der Waals surface area (Å²) in [5, 5.41) is 51.1. The van der Waals surface area contributed by atoms with Crippen molar-refractivity contribution in [2.45, 2.75) is 96.9 Å². The zero-order valence-electron chi connectivity index (χ0n) is 24.0. The number of fused-ring (bicyclic) bond motifs is 5. The lowest BCUT2D eigenvalue weighted by molar-refractivity contribution is -0.207. The highest BCUT2D eigenvalue weighted by Crippen LogP contribution is 2.68. The van der Waals surface area contributed by atoms with Gasteiger partial charge in [0.1, 0.15) is 5.75 Å².